The highest BCUT2D eigenvalue weighted by Gasteiger charge is 2.21. The van der Waals surface area contributed by atoms with Crippen molar-refractivity contribution in [3.63, 3.8) is 0 Å². The SMILES string of the molecule is NC(=O)C(CCCN=C(N)N)NC(=O)c1cc(-c2c[nH]c3ccc(Br)cc23)nc2ccccc12. The quantitative estimate of drug-likeness (QED) is 0.136. The molecule has 10 heteroatoms. The molecule has 0 spiro atoms. The lowest BCUT2D eigenvalue weighted by molar-refractivity contribution is -0.120. The average Bonchev–Trinajstić information content (AvgIpc) is 3.22. The molecule has 2 amide bonds. The molecule has 34 heavy (non-hydrogen) atoms. The fraction of sp³-hybridized carbons (Fsp3) is 0.167. The minimum Gasteiger partial charge on any atom is -0.370 e. The van der Waals surface area contributed by atoms with E-state index in [1.54, 1.807) is 6.07 Å². The number of primary amides is 1. The van der Waals surface area contributed by atoms with Crippen molar-refractivity contribution < 1.29 is 9.59 Å². The molecule has 4 aromatic rings. The molecular weight excluding hydrogens is 498 g/mol. The molecule has 1 atom stereocenters. The van der Waals surface area contributed by atoms with Crippen LogP contribution in [0.5, 0.6) is 0 Å². The first-order valence-electron chi connectivity index (χ1n) is 10.7. The molecule has 1 unspecified atom stereocenters. The Morgan fingerprint density at radius 3 is 2.65 bits per heavy atom. The zero-order chi connectivity index (χ0) is 24.2. The lowest BCUT2D eigenvalue weighted by Crippen LogP contribution is -2.44. The second-order valence-electron chi connectivity index (χ2n) is 7.84. The number of amides is 2. The summed E-state index contributed by atoms with van der Waals surface area (Å²) in [5.41, 5.74) is 19.7. The molecule has 2 aromatic carbocycles. The monoisotopic (exact) mass is 521 g/mol. The highest BCUT2D eigenvalue weighted by Crippen LogP contribution is 2.32. The van der Waals surface area contributed by atoms with Gasteiger partial charge in [-0.15, -0.1) is 0 Å². The number of benzene rings is 2. The Hall–Kier alpha value is -3.92. The van der Waals surface area contributed by atoms with Crippen molar-refractivity contribution in [3.05, 3.63) is 64.8 Å². The Bertz CT molecular complexity index is 1410. The molecule has 8 N–H and O–H groups in total. The van der Waals surface area contributed by atoms with Gasteiger partial charge in [-0.05, 0) is 43.2 Å². The number of carbonyl (C=O) groups is 2. The largest absolute Gasteiger partial charge is 0.370 e. The number of nitrogens with one attached hydrogen (secondary N) is 2. The second-order valence-corrected chi connectivity index (χ2v) is 8.76. The molecule has 9 nitrogen and oxygen atoms in total. The van der Waals surface area contributed by atoms with Gasteiger partial charge in [-0.25, -0.2) is 4.98 Å². The van der Waals surface area contributed by atoms with Crippen LogP contribution in [-0.2, 0) is 4.79 Å². The maximum absolute atomic E-state index is 13.3. The third kappa shape index (κ3) is 5.01. The number of guanidine groups is 1. The van der Waals surface area contributed by atoms with Gasteiger partial charge in [0.25, 0.3) is 5.91 Å². The number of aromatic amines is 1. The van der Waals surface area contributed by atoms with E-state index in [0.29, 0.717) is 41.5 Å². The number of carbonyl (C=O) groups excluding carboxylic acids is 2. The van der Waals surface area contributed by atoms with Crippen LogP contribution in [0.4, 0.5) is 0 Å². The van der Waals surface area contributed by atoms with Crippen molar-refractivity contribution in [1.82, 2.24) is 15.3 Å². The van der Waals surface area contributed by atoms with E-state index < -0.39 is 17.9 Å². The molecule has 0 aliphatic carbocycles. The number of fused-ring (bicyclic) bond motifs is 2. The Labute approximate surface area is 203 Å². The normalized spacial score (nSPS) is 11.9. The van der Waals surface area contributed by atoms with Crippen LogP contribution in [0.1, 0.15) is 23.2 Å². The summed E-state index contributed by atoms with van der Waals surface area (Å²) in [4.78, 5) is 37.2. The van der Waals surface area contributed by atoms with Crippen molar-refractivity contribution in [2.24, 2.45) is 22.2 Å². The van der Waals surface area contributed by atoms with Gasteiger partial charge in [0.2, 0.25) is 5.91 Å². The summed E-state index contributed by atoms with van der Waals surface area (Å²) in [6.07, 6.45) is 2.66. The van der Waals surface area contributed by atoms with E-state index in [1.807, 2.05) is 48.7 Å². The number of hydrogen-bond acceptors (Lipinski definition) is 4. The van der Waals surface area contributed by atoms with Crippen molar-refractivity contribution in [2.75, 3.05) is 6.54 Å². The van der Waals surface area contributed by atoms with Crippen LogP contribution in [0.3, 0.4) is 0 Å². The molecule has 174 valence electrons. The lowest BCUT2D eigenvalue weighted by Gasteiger charge is -2.16. The summed E-state index contributed by atoms with van der Waals surface area (Å²) in [5, 5.41) is 4.41. The van der Waals surface area contributed by atoms with Crippen LogP contribution in [0.15, 0.2) is 64.2 Å². The maximum Gasteiger partial charge on any atom is 0.252 e. The van der Waals surface area contributed by atoms with Crippen LogP contribution < -0.4 is 22.5 Å². The third-order valence-electron chi connectivity index (χ3n) is 5.47. The summed E-state index contributed by atoms with van der Waals surface area (Å²) >= 11 is 3.51. The van der Waals surface area contributed by atoms with E-state index in [0.717, 1.165) is 20.9 Å². The van der Waals surface area contributed by atoms with Crippen molar-refractivity contribution in [2.45, 2.75) is 18.9 Å². The number of rotatable bonds is 8. The van der Waals surface area contributed by atoms with Gasteiger partial charge in [-0.3, -0.25) is 14.6 Å². The fourth-order valence-electron chi connectivity index (χ4n) is 3.83. The number of nitrogens with zero attached hydrogens (tertiary/aromatic N) is 2. The Balaban J connectivity index is 1.70. The molecule has 0 saturated carbocycles. The Kier molecular flexibility index (Phi) is 6.78. The van der Waals surface area contributed by atoms with Gasteiger partial charge in [0.1, 0.15) is 6.04 Å². The molecule has 2 aromatic heterocycles. The van der Waals surface area contributed by atoms with E-state index in [2.05, 4.69) is 31.2 Å². The predicted octanol–water partition coefficient (Wildman–Crippen LogP) is 2.78. The smallest absolute Gasteiger partial charge is 0.252 e. The van der Waals surface area contributed by atoms with Gasteiger partial charge >= 0.3 is 0 Å². The van der Waals surface area contributed by atoms with Gasteiger partial charge in [0, 0.05) is 39.1 Å². The molecule has 4 rings (SSSR count). The fourth-order valence-corrected chi connectivity index (χ4v) is 4.19. The molecule has 0 fully saturated rings. The topological polar surface area (TPSA) is 165 Å². The molecule has 0 saturated heterocycles. The number of halogens is 1. The zero-order valence-corrected chi connectivity index (χ0v) is 19.8. The van der Waals surface area contributed by atoms with Crippen LogP contribution in [0.25, 0.3) is 33.1 Å². The first-order chi connectivity index (χ1) is 16.3. The Morgan fingerprint density at radius 1 is 1.09 bits per heavy atom. The van der Waals surface area contributed by atoms with Crippen LogP contribution in [-0.4, -0.2) is 40.3 Å². The summed E-state index contributed by atoms with van der Waals surface area (Å²) < 4.78 is 0.935. The number of nitrogens with two attached hydrogens (primary N) is 3. The van der Waals surface area contributed by atoms with Crippen LogP contribution in [0.2, 0.25) is 0 Å². The van der Waals surface area contributed by atoms with Crippen LogP contribution in [0, 0.1) is 0 Å². The van der Waals surface area contributed by atoms with E-state index in [9.17, 15) is 9.59 Å². The number of aromatic nitrogens is 2. The van der Waals surface area contributed by atoms with E-state index in [-0.39, 0.29) is 5.96 Å². The first-order valence-corrected chi connectivity index (χ1v) is 11.4. The third-order valence-corrected chi connectivity index (χ3v) is 5.97. The molecule has 0 aliphatic rings. The first kappa shape index (κ1) is 23.2. The van der Waals surface area contributed by atoms with Gasteiger partial charge in [-0.1, -0.05) is 34.1 Å². The van der Waals surface area contributed by atoms with Gasteiger partial charge in [0.05, 0.1) is 16.8 Å². The minimum absolute atomic E-state index is 0.0280. The predicted molar refractivity (Wildman–Crippen MR) is 137 cm³/mol. The van der Waals surface area contributed by atoms with Crippen LogP contribution >= 0.6 is 15.9 Å². The number of para-hydroxylation sites is 1. The molecular formula is C24H24BrN7O2. The molecule has 0 aliphatic heterocycles. The van der Waals surface area contributed by atoms with E-state index >= 15 is 0 Å². The average molecular weight is 522 g/mol. The Morgan fingerprint density at radius 2 is 1.88 bits per heavy atom. The van der Waals surface area contributed by atoms with E-state index in [4.69, 9.17) is 22.2 Å². The molecule has 2 heterocycles. The number of aliphatic imine (C=N–C) groups is 1. The van der Waals surface area contributed by atoms with Gasteiger partial charge < -0.3 is 27.5 Å². The van der Waals surface area contributed by atoms with Gasteiger partial charge in [-0.2, -0.15) is 0 Å². The van der Waals surface area contributed by atoms with Crippen molar-refractivity contribution in [1.29, 1.82) is 0 Å². The lowest BCUT2D eigenvalue weighted by atomic mass is 10.0. The summed E-state index contributed by atoms with van der Waals surface area (Å²) in [7, 11) is 0. The highest BCUT2D eigenvalue weighted by atomic mass is 79.9. The summed E-state index contributed by atoms with van der Waals surface area (Å²) in [6.45, 7) is 0.334. The molecule has 0 bridgehead atoms. The minimum atomic E-state index is -0.860. The van der Waals surface area contributed by atoms with Gasteiger partial charge in [0.15, 0.2) is 5.96 Å². The summed E-state index contributed by atoms with van der Waals surface area (Å²) in [6, 6.07) is 14.2. The number of pyridine rings is 1. The maximum atomic E-state index is 13.3. The zero-order valence-electron chi connectivity index (χ0n) is 18.2. The van der Waals surface area contributed by atoms with E-state index in [1.165, 1.54) is 0 Å². The summed E-state index contributed by atoms with van der Waals surface area (Å²) in [5.74, 6) is -1.07. The molecule has 0 radical (unpaired) electrons. The van der Waals surface area contributed by atoms with Crippen molar-refractivity contribution >= 4 is 55.5 Å². The second kappa shape index (κ2) is 9.92. The standard InChI is InChI=1S/C24H24BrN7O2/c25-13-7-8-18-15(10-13)17(12-30-18)21-11-16(14-4-1-2-5-19(14)31-21)23(34)32-20(22(26)33)6-3-9-29-24(27)28/h1-2,4-5,7-8,10-12,20,30H,3,6,9H2,(H2,26,33)(H,32,34)(H4,27,28,29). The number of hydrogen-bond donors (Lipinski definition) is 5. The van der Waals surface area contributed by atoms with Crippen molar-refractivity contribution in [3.8, 4) is 11.3 Å². The number of H-pyrrole nitrogens is 1. The highest BCUT2D eigenvalue weighted by molar-refractivity contribution is 9.10.